The minimum absolute atomic E-state index is 0.0188. The second kappa shape index (κ2) is 8.24. The van der Waals surface area contributed by atoms with Crippen molar-refractivity contribution in [1.82, 2.24) is 10.3 Å². The summed E-state index contributed by atoms with van der Waals surface area (Å²) in [5.74, 6) is 0.564. The molecule has 0 aliphatic carbocycles. The molecular formula is C17H20FN3O2. The van der Waals surface area contributed by atoms with Gasteiger partial charge >= 0.3 is 0 Å². The van der Waals surface area contributed by atoms with Crippen molar-refractivity contribution in [3.8, 4) is 11.6 Å². The van der Waals surface area contributed by atoms with Crippen LogP contribution >= 0.6 is 0 Å². The molecule has 2 rings (SSSR count). The molecule has 122 valence electrons. The van der Waals surface area contributed by atoms with Crippen molar-refractivity contribution in [2.24, 2.45) is 5.73 Å². The molecule has 1 aromatic carbocycles. The van der Waals surface area contributed by atoms with E-state index in [9.17, 15) is 9.18 Å². The Kier molecular flexibility index (Phi) is 6.05. The second-order valence-corrected chi connectivity index (χ2v) is 5.35. The van der Waals surface area contributed by atoms with E-state index in [1.807, 2.05) is 13.0 Å². The maximum absolute atomic E-state index is 12.8. The number of nitrogens with zero attached hydrogens (tertiary/aromatic N) is 1. The fourth-order valence-corrected chi connectivity index (χ4v) is 1.85. The first-order valence-corrected chi connectivity index (χ1v) is 7.43. The predicted molar refractivity (Wildman–Crippen MR) is 85.4 cm³/mol. The third-order valence-corrected chi connectivity index (χ3v) is 3.15. The first-order chi connectivity index (χ1) is 11.0. The molecule has 1 atom stereocenters. The number of aromatic nitrogens is 1. The number of ether oxygens (including phenoxy) is 1. The number of hydrogen-bond acceptors (Lipinski definition) is 4. The van der Waals surface area contributed by atoms with Gasteiger partial charge in [-0.3, -0.25) is 4.79 Å². The molecule has 0 fully saturated rings. The van der Waals surface area contributed by atoms with Gasteiger partial charge in [0.2, 0.25) is 11.8 Å². The van der Waals surface area contributed by atoms with Crippen LogP contribution in [0.4, 0.5) is 4.39 Å². The summed E-state index contributed by atoms with van der Waals surface area (Å²) >= 11 is 0. The third kappa shape index (κ3) is 6.04. The van der Waals surface area contributed by atoms with E-state index in [-0.39, 0.29) is 17.8 Å². The molecule has 0 spiro atoms. The van der Waals surface area contributed by atoms with E-state index in [0.29, 0.717) is 31.0 Å². The van der Waals surface area contributed by atoms with Gasteiger partial charge in [0.15, 0.2) is 0 Å². The standard InChI is InChI=1S/C17H20FN3O2/c1-12(19)2-8-16(22)20-10-13-3-9-17(21-11-13)23-15-6-4-14(18)5-7-15/h3-7,9,11-12H,2,8,10,19H2,1H3,(H,20,22). The van der Waals surface area contributed by atoms with E-state index in [4.69, 9.17) is 10.5 Å². The first kappa shape index (κ1) is 16.9. The fourth-order valence-electron chi connectivity index (χ4n) is 1.85. The zero-order valence-corrected chi connectivity index (χ0v) is 13.0. The van der Waals surface area contributed by atoms with E-state index in [1.54, 1.807) is 12.3 Å². The topological polar surface area (TPSA) is 77.2 Å². The fraction of sp³-hybridized carbons (Fsp3) is 0.294. The quantitative estimate of drug-likeness (QED) is 0.823. The number of carbonyl (C=O) groups is 1. The lowest BCUT2D eigenvalue weighted by molar-refractivity contribution is -0.121. The molecule has 3 N–H and O–H groups in total. The SMILES string of the molecule is CC(N)CCC(=O)NCc1ccc(Oc2ccc(F)cc2)nc1. The van der Waals surface area contributed by atoms with Crippen molar-refractivity contribution in [3.05, 3.63) is 54.0 Å². The van der Waals surface area contributed by atoms with Crippen molar-refractivity contribution < 1.29 is 13.9 Å². The molecule has 0 bridgehead atoms. The van der Waals surface area contributed by atoms with Crippen LogP contribution in [0.2, 0.25) is 0 Å². The highest BCUT2D eigenvalue weighted by atomic mass is 19.1. The van der Waals surface area contributed by atoms with E-state index >= 15 is 0 Å². The van der Waals surface area contributed by atoms with Gasteiger partial charge in [0.05, 0.1) is 0 Å². The molecule has 0 aliphatic heterocycles. The van der Waals surface area contributed by atoms with Crippen LogP contribution in [0.5, 0.6) is 11.6 Å². The average Bonchev–Trinajstić information content (AvgIpc) is 2.54. The zero-order chi connectivity index (χ0) is 16.7. The molecule has 0 saturated heterocycles. The van der Waals surface area contributed by atoms with Gasteiger partial charge < -0.3 is 15.8 Å². The lowest BCUT2D eigenvalue weighted by atomic mass is 10.2. The van der Waals surface area contributed by atoms with Gasteiger partial charge in [-0.15, -0.1) is 0 Å². The van der Waals surface area contributed by atoms with Crippen LogP contribution in [-0.4, -0.2) is 16.9 Å². The van der Waals surface area contributed by atoms with Gasteiger partial charge in [-0.1, -0.05) is 6.07 Å². The van der Waals surface area contributed by atoms with Crippen LogP contribution in [0.25, 0.3) is 0 Å². The number of nitrogens with one attached hydrogen (secondary N) is 1. The maximum atomic E-state index is 12.8. The second-order valence-electron chi connectivity index (χ2n) is 5.35. The Bertz CT molecular complexity index is 627. The van der Waals surface area contributed by atoms with Crippen LogP contribution in [0.15, 0.2) is 42.6 Å². The van der Waals surface area contributed by atoms with Crippen molar-refractivity contribution in [3.63, 3.8) is 0 Å². The molecule has 5 nitrogen and oxygen atoms in total. The van der Waals surface area contributed by atoms with Gasteiger partial charge in [0.1, 0.15) is 11.6 Å². The zero-order valence-electron chi connectivity index (χ0n) is 13.0. The molecule has 2 aromatic rings. The molecule has 1 aromatic heterocycles. The van der Waals surface area contributed by atoms with Crippen LogP contribution < -0.4 is 15.8 Å². The number of nitrogens with two attached hydrogens (primary N) is 1. The number of carbonyl (C=O) groups excluding carboxylic acids is 1. The molecule has 23 heavy (non-hydrogen) atoms. The van der Waals surface area contributed by atoms with E-state index in [2.05, 4.69) is 10.3 Å². The number of hydrogen-bond donors (Lipinski definition) is 2. The molecular weight excluding hydrogens is 297 g/mol. The molecule has 1 unspecified atom stereocenters. The highest BCUT2D eigenvalue weighted by molar-refractivity contribution is 5.75. The molecule has 1 amide bonds. The monoisotopic (exact) mass is 317 g/mol. The maximum Gasteiger partial charge on any atom is 0.220 e. The Morgan fingerprint density at radius 1 is 1.30 bits per heavy atom. The molecule has 0 saturated carbocycles. The normalized spacial score (nSPS) is 11.8. The van der Waals surface area contributed by atoms with Crippen molar-refractivity contribution in [1.29, 1.82) is 0 Å². The number of halogens is 1. The van der Waals surface area contributed by atoms with E-state index in [0.717, 1.165) is 5.56 Å². The molecule has 0 aliphatic rings. The smallest absolute Gasteiger partial charge is 0.220 e. The van der Waals surface area contributed by atoms with Gasteiger partial charge in [-0.25, -0.2) is 9.37 Å². The predicted octanol–water partition coefficient (Wildman–Crippen LogP) is 2.76. The number of rotatable bonds is 7. The van der Waals surface area contributed by atoms with Crippen molar-refractivity contribution in [2.45, 2.75) is 32.4 Å². The summed E-state index contributed by atoms with van der Waals surface area (Å²) in [5.41, 5.74) is 6.48. The highest BCUT2D eigenvalue weighted by Crippen LogP contribution is 2.19. The van der Waals surface area contributed by atoms with Crippen LogP contribution in [0.1, 0.15) is 25.3 Å². The summed E-state index contributed by atoms with van der Waals surface area (Å²) < 4.78 is 18.3. The Hall–Kier alpha value is -2.47. The number of pyridine rings is 1. The third-order valence-electron chi connectivity index (χ3n) is 3.15. The Balaban J connectivity index is 1.82. The number of amides is 1. The number of benzene rings is 1. The Morgan fingerprint density at radius 2 is 2.04 bits per heavy atom. The minimum Gasteiger partial charge on any atom is -0.439 e. The van der Waals surface area contributed by atoms with Crippen molar-refractivity contribution >= 4 is 5.91 Å². The van der Waals surface area contributed by atoms with Crippen LogP contribution in [0, 0.1) is 5.82 Å². The first-order valence-electron chi connectivity index (χ1n) is 7.43. The Morgan fingerprint density at radius 3 is 2.65 bits per heavy atom. The molecule has 0 radical (unpaired) electrons. The highest BCUT2D eigenvalue weighted by Gasteiger charge is 2.04. The molecule has 6 heteroatoms. The summed E-state index contributed by atoms with van der Waals surface area (Å²) in [6.45, 7) is 2.28. The summed E-state index contributed by atoms with van der Waals surface area (Å²) in [5, 5.41) is 2.81. The summed E-state index contributed by atoms with van der Waals surface area (Å²) in [7, 11) is 0. The largest absolute Gasteiger partial charge is 0.439 e. The average molecular weight is 317 g/mol. The van der Waals surface area contributed by atoms with Crippen molar-refractivity contribution in [2.75, 3.05) is 0 Å². The van der Waals surface area contributed by atoms with Gasteiger partial charge in [0.25, 0.3) is 0 Å². The molecule has 1 heterocycles. The van der Waals surface area contributed by atoms with E-state index in [1.165, 1.54) is 24.3 Å². The lowest BCUT2D eigenvalue weighted by Gasteiger charge is -2.08. The summed E-state index contributed by atoms with van der Waals surface area (Å²) in [6, 6.07) is 9.24. The van der Waals surface area contributed by atoms with Crippen LogP contribution in [-0.2, 0) is 11.3 Å². The van der Waals surface area contributed by atoms with Gasteiger partial charge in [0, 0.05) is 31.3 Å². The summed E-state index contributed by atoms with van der Waals surface area (Å²) in [6.07, 6.45) is 2.70. The minimum atomic E-state index is -0.319. The lowest BCUT2D eigenvalue weighted by Crippen LogP contribution is -2.25. The van der Waals surface area contributed by atoms with E-state index < -0.39 is 0 Å². The van der Waals surface area contributed by atoms with Gasteiger partial charge in [-0.05, 0) is 43.2 Å². The Labute approximate surface area is 134 Å². The summed E-state index contributed by atoms with van der Waals surface area (Å²) in [4.78, 5) is 15.8. The van der Waals surface area contributed by atoms with Gasteiger partial charge in [-0.2, -0.15) is 0 Å². The van der Waals surface area contributed by atoms with Crippen LogP contribution in [0.3, 0.4) is 0 Å².